The van der Waals surface area contributed by atoms with Gasteiger partial charge in [0.05, 0.1) is 5.56 Å². The molecule has 0 unspecified atom stereocenters. The summed E-state index contributed by atoms with van der Waals surface area (Å²) in [5.74, 6) is 1.32. The first-order valence-electron chi connectivity index (χ1n) is 10.9. The fourth-order valence-electron chi connectivity index (χ4n) is 3.99. The molecule has 1 amide bonds. The summed E-state index contributed by atoms with van der Waals surface area (Å²) in [5, 5.41) is 3.07. The van der Waals surface area contributed by atoms with Crippen molar-refractivity contribution < 1.29 is 9.53 Å². The van der Waals surface area contributed by atoms with Gasteiger partial charge in [0.15, 0.2) is 0 Å². The van der Waals surface area contributed by atoms with Crippen molar-refractivity contribution in [1.82, 2.24) is 15.2 Å². The zero-order valence-electron chi connectivity index (χ0n) is 17.7. The maximum absolute atomic E-state index is 12.3. The molecule has 5 heteroatoms. The number of hydrogen-bond donors (Lipinski definition) is 1. The van der Waals surface area contributed by atoms with Crippen molar-refractivity contribution in [1.29, 1.82) is 0 Å². The molecule has 3 aromatic rings. The van der Waals surface area contributed by atoms with Gasteiger partial charge in [-0.05, 0) is 60.7 Å². The lowest BCUT2D eigenvalue weighted by Gasteiger charge is -2.32. The van der Waals surface area contributed by atoms with E-state index in [1.54, 1.807) is 24.5 Å². The largest absolute Gasteiger partial charge is 0.489 e. The zero-order chi connectivity index (χ0) is 21.3. The third-order valence-corrected chi connectivity index (χ3v) is 5.66. The van der Waals surface area contributed by atoms with Crippen molar-refractivity contribution in [3.8, 4) is 5.75 Å². The summed E-state index contributed by atoms with van der Waals surface area (Å²) in [6.07, 6.45) is 5.59. The molecule has 2 aromatic carbocycles. The number of amides is 1. The fourth-order valence-corrected chi connectivity index (χ4v) is 3.99. The minimum absolute atomic E-state index is 0.0451. The highest BCUT2D eigenvalue weighted by Crippen LogP contribution is 2.20. The van der Waals surface area contributed by atoms with Gasteiger partial charge < -0.3 is 10.1 Å². The molecule has 1 aliphatic heterocycles. The number of nitrogens with zero attached hydrogens (tertiary/aromatic N) is 2. The minimum Gasteiger partial charge on any atom is -0.489 e. The van der Waals surface area contributed by atoms with Crippen LogP contribution in [-0.2, 0) is 13.2 Å². The first kappa shape index (κ1) is 21.1. The molecule has 1 aliphatic rings. The lowest BCUT2D eigenvalue weighted by atomic mass is 9.97. The monoisotopic (exact) mass is 415 g/mol. The molecule has 5 nitrogen and oxygen atoms in total. The van der Waals surface area contributed by atoms with Gasteiger partial charge in [-0.15, -0.1) is 0 Å². The van der Waals surface area contributed by atoms with E-state index < -0.39 is 0 Å². The molecule has 1 N–H and O–H groups in total. The van der Waals surface area contributed by atoms with E-state index in [0.717, 1.165) is 38.2 Å². The standard InChI is InChI=1S/C26H29N3O2/c30-26(24-9-4-14-27-17-24)28-16-23-8-5-15-29(19-23)18-21-10-12-25(13-11-21)31-20-22-6-2-1-3-7-22/h1-4,6-7,9-14,17,23H,5,8,15-16,18-20H2,(H,28,30)/t23-/m0/s1. The van der Waals surface area contributed by atoms with Crippen molar-refractivity contribution in [2.45, 2.75) is 26.0 Å². The molecule has 160 valence electrons. The van der Waals surface area contributed by atoms with E-state index in [0.29, 0.717) is 24.6 Å². The summed E-state index contributed by atoms with van der Waals surface area (Å²) in [6, 6.07) is 22.2. The predicted molar refractivity (Wildman–Crippen MR) is 122 cm³/mol. The first-order valence-corrected chi connectivity index (χ1v) is 10.9. The smallest absolute Gasteiger partial charge is 0.252 e. The number of pyridine rings is 1. The lowest BCUT2D eigenvalue weighted by Crippen LogP contribution is -2.40. The molecule has 31 heavy (non-hydrogen) atoms. The van der Waals surface area contributed by atoms with Gasteiger partial charge in [0.2, 0.25) is 0 Å². The molecule has 0 spiro atoms. The van der Waals surface area contributed by atoms with E-state index in [1.165, 1.54) is 11.1 Å². The number of rotatable bonds is 8. The van der Waals surface area contributed by atoms with Gasteiger partial charge in [-0.1, -0.05) is 42.5 Å². The number of carbonyl (C=O) groups is 1. The fraction of sp³-hybridized carbons (Fsp3) is 0.308. The van der Waals surface area contributed by atoms with Crippen LogP contribution in [0, 0.1) is 5.92 Å². The third-order valence-electron chi connectivity index (χ3n) is 5.66. The summed E-state index contributed by atoms with van der Waals surface area (Å²) in [4.78, 5) is 18.7. The Kier molecular flexibility index (Phi) is 7.29. The maximum atomic E-state index is 12.3. The second kappa shape index (κ2) is 10.7. The Hall–Kier alpha value is -3.18. The highest BCUT2D eigenvalue weighted by Gasteiger charge is 2.20. The van der Waals surface area contributed by atoms with Crippen LogP contribution in [0.5, 0.6) is 5.75 Å². The number of carbonyl (C=O) groups excluding carboxylic acids is 1. The summed E-state index contributed by atoms with van der Waals surface area (Å²) < 4.78 is 5.89. The topological polar surface area (TPSA) is 54.5 Å². The Labute approximate surface area is 184 Å². The van der Waals surface area contributed by atoms with Gasteiger partial charge >= 0.3 is 0 Å². The quantitative estimate of drug-likeness (QED) is 0.596. The molecule has 1 aromatic heterocycles. The number of aromatic nitrogens is 1. The Balaban J connectivity index is 1.23. The van der Waals surface area contributed by atoms with E-state index in [2.05, 4.69) is 39.5 Å². The van der Waals surface area contributed by atoms with E-state index in [-0.39, 0.29) is 5.91 Å². The van der Waals surface area contributed by atoms with Crippen molar-refractivity contribution in [3.05, 3.63) is 95.8 Å². The highest BCUT2D eigenvalue weighted by atomic mass is 16.5. The van der Waals surface area contributed by atoms with Gasteiger partial charge in [-0.2, -0.15) is 0 Å². The average molecular weight is 416 g/mol. The number of piperidine rings is 1. The van der Waals surface area contributed by atoms with Crippen molar-refractivity contribution in [2.24, 2.45) is 5.92 Å². The summed E-state index contributed by atoms with van der Waals surface area (Å²) >= 11 is 0. The van der Waals surface area contributed by atoms with Crippen LogP contribution in [0.25, 0.3) is 0 Å². The number of likely N-dealkylation sites (tertiary alicyclic amines) is 1. The minimum atomic E-state index is -0.0451. The molecule has 1 saturated heterocycles. The predicted octanol–water partition coefficient (Wildman–Crippen LogP) is 4.30. The molecule has 0 radical (unpaired) electrons. The average Bonchev–Trinajstić information content (AvgIpc) is 2.83. The van der Waals surface area contributed by atoms with E-state index >= 15 is 0 Å². The lowest BCUT2D eigenvalue weighted by molar-refractivity contribution is 0.0930. The SMILES string of the molecule is O=C(NC[C@@H]1CCCN(Cc2ccc(OCc3ccccc3)cc2)C1)c1cccnc1. The van der Waals surface area contributed by atoms with Crippen LogP contribution in [0.1, 0.15) is 34.3 Å². The second-order valence-electron chi connectivity index (χ2n) is 8.11. The van der Waals surface area contributed by atoms with Crippen molar-refractivity contribution in [3.63, 3.8) is 0 Å². The van der Waals surface area contributed by atoms with Gasteiger partial charge in [-0.3, -0.25) is 14.7 Å². The van der Waals surface area contributed by atoms with Crippen LogP contribution in [0.2, 0.25) is 0 Å². The van der Waals surface area contributed by atoms with Gasteiger partial charge in [0, 0.05) is 32.0 Å². The van der Waals surface area contributed by atoms with Crippen LogP contribution < -0.4 is 10.1 Å². The summed E-state index contributed by atoms with van der Waals surface area (Å²) in [7, 11) is 0. The molecular weight excluding hydrogens is 386 g/mol. The number of hydrogen-bond acceptors (Lipinski definition) is 4. The Morgan fingerprint density at radius 3 is 2.65 bits per heavy atom. The number of ether oxygens (including phenoxy) is 1. The molecule has 4 rings (SSSR count). The number of nitrogens with one attached hydrogen (secondary N) is 1. The maximum Gasteiger partial charge on any atom is 0.252 e. The van der Waals surface area contributed by atoms with Gasteiger partial charge in [0.25, 0.3) is 5.91 Å². The zero-order valence-corrected chi connectivity index (χ0v) is 17.7. The number of benzene rings is 2. The Morgan fingerprint density at radius 2 is 1.87 bits per heavy atom. The molecule has 0 bridgehead atoms. The van der Waals surface area contributed by atoms with Gasteiger partial charge in [-0.25, -0.2) is 0 Å². The Bertz CT molecular complexity index is 945. The van der Waals surface area contributed by atoms with Gasteiger partial charge in [0.1, 0.15) is 12.4 Å². The molecule has 0 aliphatic carbocycles. The molecule has 0 saturated carbocycles. The summed E-state index contributed by atoms with van der Waals surface area (Å²) in [5.41, 5.74) is 3.07. The molecule has 1 atom stereocenters. The highest BCUT2D eigenvalue weighted by molar-refractivity contribution is 5.93. The van der Waals surface area contributed by atoms with Crippen molar-refractivity contribution in [2.75, 3.05) is 19.6 Å². The Morgan fingerprint density at radius 1 is 1.03 bits per heavy atom. The van der Waals surface area contributed by atoms with Crippen LogP contribution in [0.4, 0.5) is 0 Å². The van der Waals surface area contributed by atoms with Crippen LogP contribution in [-0.4, -0.2) is 35.4 Å². The second-order valence-corrected chi connectivity index (χ2v) is 8.11. The molecule has 1 fully saturated rings. The van der Waals surface area contributed by atoms with Crippen LogP contribution in [0.15, 0.2) is 79.1 Å². The normalized spacial score (nSPS) is 16.6. The summed E-state index contributed by atoms with van der Waals surface area (Å²) in [6.45, 7) is 4.31. The van der Waals surface area contributed by atoms with E-state index in [4.69, 9.17) is 4.74 Å². The molecule has 2 heterocycles. The van der Waals surface area contributed by atoms with E-state index in [9.17, 15) is 4.79 Å². The first-order chi connectivity index (χ1) is 15.3. The van der Waals surface area contributed by atoms with Crippen LogP contribution in [0.3, 0.4) is 0 Å². The van der Waals surface area contributed by atoms with Crippen molar-refractivity contribution >= 4 is 5.91 Å². The van der Waals surface area contributed by atoms with Crippen LogP contribution >= 0.6 is 0 Å². The molecular formula is C26H29N3O2. The third kappa shape index (κ3) is 6.40. The van der Waals surface area contributed by atoms with E-state index in [1.807, 2.05) is 30.3 Å².